The lowest BCUT2D eigenvalue weighted by Gasteiger charge is -2.18. The van der Waals surface area contributed by atoms with Crippen molar-refractivity contribution in [2.45, 2.75) is 6.54 Å². The average molecular weight is 472 g/mol. The Hall–Kier alpha value is -3.74. The maximum atomic E-state index is 13.3. The van der Waals surface area contributed by atoms with Crippen LogP contribution < -0.4 is 10.2 Å². The second-order valence-electron chi connectivity index (χ2n) is 7.56. The number of thiocarbonyl (C=S) groups is 1. The summed E-state index contributed by atoms with van der Waals surface area (Å²) >= 11 is 11.8. The second-order valence-corrected chi connectivity index (χ2v) is 8.35. The molecule has 7 heteroatoms. The monoisotopic (exact) mass is 471 g/mol. The van der Waals surface area contributed by atoms with Crippen LogP contribution in [0.1, 0.15) is 11.1 Å². The zero-order valence-corrected chi connectivity index (χ0v) is 18.9. The molecule has 0 aliphatic carbocycles. The molecule has 162 valence electrons. The third kappa shape index (κ3) is 3.95. The fourth-order valence-corrected chi connectivity index (χ4v) is 4.29. The lowest BCUT2D eigenvalue weighted by Crippen LogP contribution is -2.28. The number of carbonyl (C=O) groups is 1. The molecule has 0 radical (unpaired) electrons. The number of nitrogens with zero attached hydrogens (tertiary/aromatic N) is 2. The van der Waals surface area contributed by atoms with E-state index in [2.05, 4.69) is 10.3 Å². The molecule has 4 aromatic rings. The molecule has 1 heterocycles. The van der Waals surface area contributed by atoms with Crippen LogP contribution >= 0.6 is 23.8 Å². The van der Waals surface area contributed by atoms with Crippen molar-refractivity contribution in [3.8, 4) is 5.75 Å². The third-order valence-corrected chi connectivity index (χ3v) is 6.04. The number of aromatic hydroxyl groups is 1. The van der Waals surface area contributed by atoms with E-state index >= 15 is 0 Å². The molecule has 4 aromatic carbocycles. The number of fused-ring (bicyclic) bond motifs is 2. The predicted octanol–water partition coefficient (Wildman–Crippen LogP) is 5.74. The summed E-state index contributed by atoms with van der Waals surface area (Å²) in [5, 5.41) is 16.0. The third-order valence-electron chi connectivity index (χ3n) is 5.49. The molecule has 0 saturated heterocycles. The first-order valence-electron chi connectivity index (χ1n) is 10.3. The maximum Gasteiger partial charge on any atom is 0.282 e. The van der Waals surface area contributed by atoms with Crippen molar-refractivity contribution < 1.29 is 9.90 Å². The molecule has 33 heavy (non-hydrogen) atoms. The number of benzene rings is 4. The molecule has 0 spiro atoms. The normalized spacial score (nSPS) is 14.0. The Morgan fingerprint density at radius 2 is 1.58 bits per heavy atom. The van der Waals surface area contributed by atoms with Crippen LogP contribution in [0.2, 0.25) is 5.02 Å². The van der Waals surface area contributed by atoms with Crippen LogP contribution in [0.5, 0.6) is 5.75 Å². The highest BCUT2D eigenvalue weighted by Gasteiger charge is 2.35. The van der Waals surface area contributed by atoms with Gasteiger partial charge in [-0.25, -0.2) is 4.99 Å². The highest BCUT2D eigenvalue weighted by atomic mass is 35.5. The SMILES string of the molecule is O=C1C(=NC(=S)NCc2cc3ccccc3cc2O)c2ccccc2N1c1ccccc1Cl. The van der Waals surface area contributed by atoms with Crippen molar-refractivity contribution >= 4 is 62.7 Å². The molecule has 2 N–H and O–H groups in total. The molecule has 1 aliphatic rings. The summed E-state index contributed by atoms with van der Waals surface area (Å²) in [6, 6.07) is 26.0. The van der Waals surface area contributed by atoms with Gasteiger partial charge in [-0.3, -0.25) is 9.69 Å². The largest absolute Gasteiger partial charge is 0.508 e. The molecule has 0 unspecified atom stereocenters. The first kappa shape index (κ1) is 21.1. The minimum Gasteiger partial charge on any atom is -0.508 e. The lowest BCUT2D eigenvalue weighted by molar-refractivity contribution is -0.111. The fraction of sp³-hybridized carbons (Fsp3) is 0.0385. The van der Waals surface area contributed by atoms with E-state index in [1.807, 2.05) is 66.7 Å². The standard InChI is InChI=1S/C26H18ClN3O2S/c27-20-10-4-6-12-22(20)30-21-11-5-3-9-19(21)24(25(30)32)29-26(33)28-15-18-13-16-7-1-2-8-17(16)14-23(18)31/h1-14,31H,15H2,(H,28,33). The van der Waals surface area contributed by atoms with E-state index in [0.717, 1.165) is 10.8 Å². The number of rotatable bonds is 3. The van der Waals surface area contributed by atoms with Crippen molar-refractivity contribution in [2.75, 3.05) is 4.90 Å². The Morgan fingerprint density at radius 1 is 0.939 bits per heavy atom. The smallest absolute Gasteiger partial charge is 0.282 e. The number of hydrogen-bond acceptors (Lipinski definition) is 3. The van der Waals surface area contributed by atoms with Crippen molar-refractivity contribution in [2.24, 2.45) is 4.99 Å². The van der Waals surface area contributed by atoms with E-state index in [1.165, 1.54) is 0 Å². The Kier molecular flexibility index (Phi) is 5.54. The van der Waals surface area contributed by atoms with Gasteiger partial charge in [-0.15, -0.1) is 0 Å². The molecule has 0 saturated carbocycles. The molecular formula is C26H18ClN3O2S. The first-order valence-corrected chi connectivity index (χ1v) is 11.1. The van der Waals surface area contributed by atoms with Gasteiger partial charge in [0.1, 0.15) is 11.5 Å². The zero-order chi connectivity index (χ0) is 22.9. The summed E-state index contributed by atoms with van der Waals surface area (Å²) in [7, 11) is 0. The van der Waals surface area contributed by atoms with Crippen molar-refractivity contribution in [3.63, 3.8) is 0 Å². The van der Waals surface area contributed by atoms with E-state index in [4.69, 9.17) is 23.8 Å². The molecular weight excluding hydrogens is 454 g/mol. The number of amides is 1. The summed E-state index contributed by atoms with van der Waals surface area (Å²) in [5.41, 5.74) is 2.89. The molecule has 5 rings (SSSR count). The predicted molar refractivity (Wildman–Crippen MR) is 137 cm³/mol. The van der Waals surface area contributed by atoms with Gasteiger partial charge in [-0.2, -0.15) is 0 Å². The maximum absolute atomic E-state index is 13.3. The van der Waals surface area contributed by atoms with Crippen LogP contribution in [-0.4, -0.2) is 21.8 Å². The minimum atomic E-state index is -0.304. The van der Waals surface area contributed by atoms with Gasteiger partial charge < -0.3 is 10.4 Å². The van der Waals surface area contributed by atoms with Crippen LogP contribution in [-0.2, 0) is 11.3 Å². The highest BCUT2D eigenvalue weighted by molar-refractivity contribution is 7.80. The Labute approximate surface area is 201 Å². The fourth-order valence-electron chi connectivity index (χ4n) is 3.91. The van der Waals surface area contributed by atoms with Gasteiger partial charge in [-0.1, -0.05) is 66.2 Å². The van der Waals surface area contributed by atoms with E-state index in [9.17, 15) is 9.90 Å². The topological polar surface area (TPSA) is 64.9 Å². The first-order chi connectivity index (χ1) is 16.0. The molecule has 5 nitrogen and oxygen atoms in total. The Bertz CT molecular complexity index is 1450. The van der Waals surface area contributed by atoms with Crippen molar-refractivity contribution in [1.29, 1.82) is 0 Å². The van der Waals surface area contributed by atoms with E-state index in [0.29, 0.717) is 27.5 Å². The number of nitrogens with one attached hydrogen (secondary N) is 1. The number of phenols is 1. The van der Waals surface area contributed by atoms with Gasteiger partial charge in [0, 0.05) is 17.7 Å². The van der Waals surface area contributed by atoms with Crippen LogP contribution in [0.3, 0.4) is 0 Å². The van der Waals surface area contributed by atoms with Crippen LogP contribution in [0.15, 0.2) is 89.9 Å². The Morgan fingerprint density at radius 3 is 2.33 bits per heavy atom. The lowest BCUT2D eigenvalue weighted by atomic mass is 10.1. The summed E-state index contributed by atoms with van der Waals surface area (Å²) < 4.78 is 0. The molecule has 0 aromatic heterocycles. The summed E-state index contributed by atoms with van der Waals surface area (Å²) in [6.07, 6.45) is 0. The Balaban J connectivity index is 1.42. The second kappa shape index (κ2) is 8.65. The number of aliphatic imine (C=N–C) groups is 1. The minimum absolute atomic E-state index is 0.154. The van der Waals surface area contributed by atoms with Crippen molar-refractivity contribution in [1.82, 2.24) is 5.32 Å². The van der Waals surface area contributed by atoms with Gasteiger partial charge in [0.2, 0.25) is 0 Å². The van der Waals surface area contributed by atoms with Gasteiger partial charge >= 0.3 is 0 Å². The average Bonchev–Trinajstić information content (AvgIpc) is 3.09. The van der Waals surface area contributed by atoms with Gasteiger partial charge in [0.05, 0.1) is 16.4 Å². The van der Waals surface area contributed by atoms with Crippen LogP contribution in [0.25, 0.3) is 10.8 Å². The number of anilines is 2. The number of carbonyl (C=O) groups excluding carboxylic acids is 1. The van der Waals surface area contributed by atoms with E-state index in [1.54, 1.807) is 23.1 Å². The van der Waals surface area contributed by atoms with Crippen LogP contribution in [0, 0.1) is 0 Å². The molecule has 1 amide bonds. The van der Waals surface area contributed by atoms with Gasteiger partial charge in [0.15, 0.2) is 5.11 Å². The van der Waals surface area contributed by atoms with E-state index in [-0.39, 0.29) is 29.0 Å². The van der Waals surface area contributed by atoms with Crippen molar-refractivity contribution in [3.05, 3.63) is 101 Å². The molecule has 1 aliphatic heterocycles. The van der Waals surface area contributed by atoms with Crippen LogP contribution in [0.4, 0.5) is 11.4 Å². The summed E-state index contributed by atoms with van der Waals surface area (Å²) in [5.74, 6) is -0.133. The van der Waals surface area contributed by atoms with E-state index < -0.39 is 0 Å². The molecule has 0 atom stereocenters. The number of phenolic OH excluding ortho intramolecular Hbond substituents is 1. The number of para-hydroxylation sites is 2. The zero-order valence-electron chi connectivity index (χ0n) is 17.3. The number of halogens is 1. The highest BCUT2D eigenvalue weighted by Crippen LogP contribution is 2.38. The summed E-state index contributed by atoms with van der Waals surface area (Å²) in [6.45, 7) is 0.274. The van der Waals surface area contributed by atoms with Gasteiger partial charge in [-0.05, 0) is 53.3 Å². The van der Waals surface area contributed by atoms with Gasteiger partial charge in [0.25, 0.3) is 5.91 Å². The molecule has 0 bridgehead atoms. The summed E-state index contributed by atoms with van der Waals surface area (Å²) in [4.78, 5) is 19.3. The number of hydrogen-bond donors (Lipinski definition) is 2. The quantitative estimate of drug-likeness (QED) is 0.374. The molecule has 0 fully saturated rings.